The van der Waals surface area contributed by atoms with Gasteiger partial charge in [0.25, 0.3) is 0 Å². The van der Waals surface area contributed by atoms with Gasteiger partial charge in [0.05, 0.1) is 0 Å². The molecule has 44 heavy (non-hydrogen) atoms. The molecular formula is C40H76O4. The third kappa shape index (κ3) is 35.2. The summed E-state index contributed by atoms with van der Waals surface area (Å²) in [6.45, 7) is 4.55. The molecular weight excluding hydrogens is 544 g/mol. The Bertz CT molecular complexity index is 629. The van der Waals surface area contributed by atoms with Gasteiger partial charge in [-0.2, -0.15) is 0 Å². The Morgan fingerprint density at radius 2 is 0.818 bits per heavy atom. The van der Waals surface area contributed by atoms with Crippen molar-refractivity contribution >= 4 is 11.9 Å². The summed E-state index contributed by atoms with van der Waals surface area (Å²) in [4.78, 5) is 23.3. The van der Waals surface area contributed by atoms with E-state index in [1.165, 1.54) is 128 Å². The second-order valence-corrected chi connectivity index (χ2v) is 13.5. The topological polar surface area (TPSA) is 63.6 Å². The summed E-state index contributed by atoms with van der Waals surface area (Å²) in [6.07, 6.45) is 43.7. The van der Waals surface area contributed by atoms with Crippen LogP contribution in [0.15, 0.2) is 12.2 Å². The first kappa shape index (κ1) is 42.7. The van der Waals surface area contributed by atoms with E-state index < -0.39 is 5.97 Å². The Hall–Kier alpha value is -1.32. The molecule has 0 amide bonds. The van der Waals surface area contributed by atoms with Gasteiger partial charge in [0.1, 0.15) is 6.10 Å². The summed E-state index contributed by atoms with van der Waals surface area (Å²) in [6, 6.07) is 0. The number of hydrogen-bond donors (Lipinski definition) is 1. The van der Waals surface area contributed by atoms with Crippen molar-refractivity contribution in [2.45, 2.75) is 232 Å². The molecule has 1 unspecified atom stereocenters. The molecule has 0 bridgehead atoms. The zero-order valence-corrected chi connectivity index (χ0v) is 29.7. The summed E-state index contributed by atoms with van der Waals surface area (Å²) in [7, 11) is 0. The maximum atomic E-state index is 12.7. The molecule has 0 aliphatic rings. The van der Waals surface area contributed by atoms with Gasteiger partial charge < -0.3 is 9.84 Å². The van der Waals surface area contributed by atoms with E-state index >= 15 is 0 Å². The Balaban J connectivity index is 4.03. The summed E-state index contributed by atoms with van der Waals surface area (Å²) >= 11 is 0. The van der Waals surface area contributed by atoms with Crippen LogP contribution in [0.2, 0.25) is 0 Å². The second-order valence-electron chi connectivity index (χ2n) is 13.5. The lowest BCUT2D eigenvalue weighted by molar-refractivity contribution is -0.150. The van der Waals surface area contributed by atoms with E-state index in [1.54, 1.807) is 0 Å². The Morgan fingerprint density at radius 3 is 1.23 bits per heavy atom. The molecule has 0 spiro atoms. The van der Waals surface area contributed by atoms with E-state index in [9.17, 15) is 9.59 Å². The number of aliphatic carboxylic acids is 1. The molecule has 4 nitrogen and oxygen atoms in total. The quantitative estimate of drug-likeness (QED) is 0.0430. The molecule has 0 fully saturated rings. The maximum absolute atomic E-state index is 12.7. The molecule has 0 saturated heterocycles. The molecule has 260 valence electrons. The highest BCUT2D eigenvalue weighted by molar-refractivity contribution is 5.69. The van der Waals surface area contributed by atoms with E-state index in [0.29, 0.717) is 6.42 Å². The number of carbonyl (C=O) groups is 2. The van der Waals surface area contributed by atoms with Crippen LogP contribution in [-0.4, -0.2) is 23.1 Å². The summed E-state index contributed by atoms with van der Waals surface area (Å²) < 4.78 is 6.01. The molecule has 0 aromatic heterocycles. The number of ether oxygens (including phenoxy) is 1. The van der Waals surface area contributed by atoms with E-state index in [-0.39, 0.29) is 18.5 Å². The van der Waals surface area contributed by atoms with Crippen LogP contribution in [-0.2, 0) is 14.3 Å². The molecule has 1 N–H and O–H groups in total. The van der Waals surface area contributed by atoms with Crippen molar-refractivity contribution in [1.29, 1.82) is 0 Å². The normalized spacial score (nSPS) is 12.2. The van der Waals surface area contributed by atoms with E-state index in [0.717, 1.165) is 70.6 Å². The van der Waals surface area contributed by atoms with Crippen molar-refractivity contribution < 1.29 is 19.4 Å². The zero-order chi connectivity index (χ0) is 32.2. The first-order valence-corrected chi connectivity index (χ1v) is 19.7. The minimum atomic E-state index is -0.691. The Labute approximate surface area is 275 Å². The van der Waals surface area contributed by atoms with Gasteiger partial charge in [-0.05, 0) is 64.2 Å². The lowest BCUT2D eigenvalue weighted by Crippen LogP contribution is -2.18. The number of rotatable bonds is 36. The number of allylic oxidation sites excluding steroid dienone is 2. The molecule has 0 heterocycles. The van der Waals surface area contributed by atoms with Crippen molar-refractivity contribution in [3.8, 4) is 0 Å². The van der Waals surface area contributed by atoms with Gasteiger partial charge in [-0.3, -0.25) is 9.59 Å². The SMILES string of the molecule is CCCCCCCC/C=C\CCCCCCCC(=O)OC(CCCCCCCCCCCC)CCCCCCCCC(=O)O. The Kier molecular flexibility index (Phi) is 35.1. The van der Waals surface area contributed by atoms with Gasteiger partial charge in [-0.1, -0.05) is 161 Å². The molecule has 0 rings (SSSR count). The number of carbonyl (C=O) groups excluding carboxylic acids is 1. The van der Waals surface area contributed by atoms with Crippen LogP contribution >= 0.6 is 0 Å². The van der Waals surface area contributed by atoms with Crippen LogP contribution in [0.3, 0.4) is 0 Å². The number of esters is 1. The molecule has 0 aromatic carbocycles. The van der Waals surface area contributed by atoms with Crippen molar-refractivity contribution in [3.63, 3.8) is 0 Å². The van der Waals surface area contributed by atoms with Gasteiger partial charge in [0.15, 0.2) is 0 Å². The predicted octanol–water partition coefficient (Wildman–Crippen LogP) is 13.5. The lowest BCUT2D eigenvalue weighted by atomic mass is 10.0. The average Bonchev–Trinajstić information content (AvgIpc) is 3.01. The minimum absolute atomic E-state index is 0.00776. The van der Waals surface area contributed by atoms with Gasteiger partial charge in [-0.15, -0.1) is 0 Å². The van der Waals surface area contributed by atoms with Crippen LogP contribution in [0.4, 0.5) is 0 Å². The number of carboxylic acid groups (broad SMARTS) is 1. The average molecular weight is 621 g/mol. The standard InChI is InChI=1S/C40H76O4/c1-3-5-7-9-11-13-15-16-17-18-19-21-23-29-33-37-40(43)44-38(35-31-27-24-25-28-32-36-39(41)42)34-30-26-22-20-14-12-10-8-6-4-2/h16-17,38H,3-15,18-37H2,1-2H3,(H,41,42)/b17-16-. The predicted molar refractivity (Wildman–Crippen MR) is 190 cm³/mol. The molecule has 0 aliphatic heterocycles. The van der Waals surface area contributed by atoms with Gasteiger partial charge in [0, 0.05) is 12.8 Å². The maximum Gasteiger partial charge on any atom is 0.306 e. The highest BCUT2D eigenvalue weighted by atomic mass is 16.5. The summed E-state index contributed by atoms with van der Waals surface area (Å²) in [5, 5.41) is 8.78. The molecule has 0 radical (unpaired) electrons. The number of hydrogen-bond acceptors (Lipinski definition) is 3. The van der Waals surface area contributed by atoms with Gasteiger partial charge in [-0.25, -0.2) is 0 Å². The number of carboxylic acids is 1. The van der Waals surface area contributed by atoms with Crippen molar-refractivity contribution in [1.82, 2.24) is 0 Å². The van der Waals surface area contributed by atoms with Crippen molar-refractivity contribution in [2.75, 3.05) is 0 Å². The first-order chi connectivity index (χ1) is 21.6. The van der Waals surface area contributed by atoms with Gasteiger partial charge in [0.2, 0.25) is 0 Å². The van der Waals surface area contributed by atoms with E-state index in [2.05, 4.69) is 26.0 Å². The van der Waals surface area contributed by atoms with Crippen LogP contribution in [0.1, 0.15) is 226 Å². The zero-order valence-electron chi connectivity index (χ0n) is 29.7. The van der Waals surface area contributed by atoms with Crippen LogP contribution in [0.25, 0.3) is 0 Å². The summed E-state index contributed by atoms with van der Waals surface area (Å²) in [5.74, 6) is -0.684. The van der Waals surface area contributed by atoms with Gasteiger partial charge >= 0.3 is 11.9 Å². The highest BCUT2D eigenvalue weighted by Gasteiger charge is 2.14. The monoisotopic (exact) mass is 621 g/mol. The fourth-order valence-corrected chi connectivity index (χ4v) is 6.06. The number of unbranched alkanes of at least 4 members (excludes halogenated alkanes) is 25. The van der Waals surface area contributed by atoms with E-state index in [1.807, 2.05) is 0 Å². The third-order valence-corrected chi connectivity index (χ3v) is 8.99. The summed E-state index contributed by atoms with van der Waals surface area (Å²) in [5.41, 5.74) is 0. The minimum Gasteiger partial charge on any atom is -0.481 e. The van der Waals surface area contributed by atoms with Crippen LogP contribution < -0.4 is 0 Å². The highest BCUT2D eigenvalue weighted by Crippen LogP contribution is 2.19. The third-order valence-electron chi connectivity index (χ3n) is 8.99. The largest absolute Gasteiger partial charge is 0.481 e. The first-order valence-electron chi connectivity index (χ1n) is 19.7. The fraction of sp³-hybridized carbons (Fsp3) is 0.900. The second kappa shape index (κ2) is 36.2. The van der Waals surface area contributed by atoms with Crippen molar-refractivity contribution in [3.05, 3.63) is 12.2 Å². The molecule has 0 saturated carbocycles. The molecule has 0 aromatic rings. The Morgan fingerprint density at radius 1 is 0.477 bits per heavy atom. The van der Waals surface area contributed by atoms with E-state index in [4.69, 9.17) is 9.84 Å². The van der Waals surface area contributed by atoms with Crippen molar-refractivity contribution in [2.24, 2.45) is 0 Å². The van der Waals surface area contributed by atoms with Crippen LogP contribution in [0, 0.1) is 0 Å². The smallest absolute Gasteiger partial charge is 0.306 e. The molecule has 1 atom stereocenters. The fourth-order valence-electron chi connectivity index (χ4n) is 6.06. The van der Waals surface area contributed by atoms with Crippen LogP contribution in [0.5, 0.6) is 0 Å². The lowest BCUT2D eigenvalue weighted by Gasteiger charge is -2.18. The molecule has 0 aliphatic carbocycles. The molecule has 4 heteroatoms.